The summed E-state index contributed by atoms with van der Waals surface area (Å²) < 4.78 is 19.6. The topological polar surface area (TPSA) is 52.3 Å². The Morgan fingerprint density at radius 2 is 0.474 bits per heavy atom. The third-order valence-electron chi connectivity index (χ3n) is 27.4. The number of fused-ring (bicyclic) bond motifs is 19. The van der Waals surface area contributed by atoms with Gasteiger partial charge in [0.25, 0.3) is 0 Å². The molecule has 133 heavy (non-hydrogen) atoms. The van der Waals surface area contributed by atoms with Crippen molar-refractivity contribution in [2.45, 2.75) is 0 Å². The third kappa shape index (κ3) is 12.9. The minimum absolute atomic E-state index is 0.891. The fraction of sp³-hybridized carbons (Fsp3) is 0. The van der Waals surface area contributed by atoms with Gasteiger partial charge < -0.3 is 13.3 Å². The number of rotatable bonds is 9. The van der Waals surface area contributed by atoms with E-state index in [0.717, 1.165) is 82.5 Å². The second-order valence-corrected chi connectivity index (χ2v) is 34.8. The smallest absolute Gasteiger partial charge is 0.143 e. The van der Waals surface area contributed by atoms with Gasteiger partial charge in [-0.2, -0.15) is 0 Å². The standard InChI is InChI=1S/2C46H28O.C37H23NO/c1-3-13-31-25-33(23-21-29(31)11-1)35-27-41(46-40-19-9-10-20-42(40)47-43(46)28-35)45-38-17-7-5-15-36(38)44(37-16-6-8-18-39(37)45)34-24-22-30-12-2-4-14-32(30)26-34;1-3-13-31-27-33(23-21-29(31)11-1)43-35-15-5-7-17-37(35)45(38-18-8-6-16-36(38)43)40-25-26-42-46(39-19-9-10-20-41(39)47-42)44(40)34-24-22-30-12-2-4-14-32(30)28-34;1-2-11-24(12-3-1)35-28-15-4-6-17-30(28)36(31-18-7-5-16-29(31)35)26-21-32(25-13-10-20-38-23-25)37-33(22-26)27-14-8-9-19-34(27)39-37/h2*1-28H;1-23H. The molecule has 0 unspecified atom stereocenters. The molecule has 0 radical (unpaired) electrons. The number of aromatic nitrogens is 1. The molecule has 0 bridgehead atoms. The molecule has 0 saturated heterocycles. The van der Waals surface area contributed by atoms with Gasteiger partial charge in [-0.15, -0.1) is 0 Å². The fourth-order valence-electron chi connectivity index (χ4n) is 21.5. The van der Waals surface area contributed by atoms with Gasteiger partial charge >= 0.3 is 0 Å². The van der Waals surface area contributed by atoms with Crippen LogP contribution in [0.2, 0.25) is 0 Å². The molecule has 4 aromatic heterocycles. The molecule has 24 aromatic carbocycles. The largest absolute Gasteiger partial charge is 0.456 e. The molecule has 4 nitrogen and oxygen atoms in total. The van der Waals surface area contributed by atoms with Gasteiger partial charge in [-0.3, -0.25) is 4.98 Å². The Morgan fingerprint density at radius 1 is 0.143 bits per heavy atom. The highest BCUT2D eigenvalue weighted by atomic mass is 16.3. The molecule has 28 aromatic rings. The highest BCUT2D eigenvalue weighted by Crippen LogP contribution is 2.54. The van der Waals surface area contributed by atoms with E-state index in [0.29, 0.717) is 0 Å². The van der Waals surface area contributed by atoms with Gasteiger partial charge in [-0.1, -0.05) is 382 Å². The summed E-state index contributed by atoms with van der Waals surface area (Å²) in [5.74, 6) is 0. The van der Waals surface area contributed by atoms with Gasteiger partial charge in [-0.25, -0.2) is 0 Å². The number of hydrogen-bond acceptors (Lipinski definition) is 4. The minimum atomic E-state index is 0.891. The van der Waals surface area contributed by atoms with E-state index in [1.165, 1.54) is 191 Å². The van der Waals surface area contributed by atoms with Gasteiger partial charge in [0, 0.05) is 61.4 Å². The van der Waals surface area contributed by atoms with Crippen LogP contribution in [0.15, 0.2) is 493 Å². The van der Waals surface area contributed by atoms with Gasteiger partial charge in [0.1, 0.15) is 33.5 Å². The quantitative estimate of drug-likeness (QED) is 0.135. The summed E-state index contributed by atoms with van der Waals surface area (Å²) in [7, 11) is 0. The van der Waals surface area contributed by atoms with Crippen molar-refractivity contribution in [1.82, 2.24) is 4.98 Å². The van der Waals surface area contributed by atoms with Crippen molar-refractivity contribution in [3.05, 3.63) is 480 Å². The molecule has 0 atom stereocenters. The number of nitrogens with zero attached hydrogens (tertiary/aromatic N) is 1. The zero-order valence-electron chi connectivity index (χ0n) is 72.3. The number of hydrogen-bond donors (Lipinski definition) is 0. The van der Waals surface area contributed by atoms with E-state index in [1.54, 1.807) is 0 Å². The lowest BCUT2D eigenvalue weighted by atomic mass is 9.82. The van der Waals surface area contributed by atoms with E-state index in [4.69, 9.17) is 13.3 Å². The Kier molecular flexibility index (Phi) is 18.3. The van der Waals surface area contributed by atoms with Crippen molar-refractivity contribution in [3.8, 4) is 100 Å². The van der Waals surface area contributed by atoms with Crippen LogP contribution >= 0.6 is 0 Å². The summed E-state index contributed by atoms with van der Waals surface area (Å²) in [6.45, 7) is 0. The summed E-state index contributed by atoms with van der Waals surface area (Å²) in [6.07, 6.45) is 3.73. The van der Waals surface area contributed by atoms with Gasteiger partial charge in [0.05, 0.1) is 0 Å². The summed E-state index contributed by atoms with van der Waals surface area (Å²) in [6, 6.07) is 169. The Morgan fingerprint density at radius 3 is 0.925 bits per heavy atom. The van der Waals surface area contributed by atoms with E-state index >= 15 is 0 Å². The summed E-state index contributed by atoms with van der Waals surface area (Å²) in [4.78, 5) is 4.43. The lowest BCUT2D eigenvalue weighted by Crippen LogP contribution is -1.93. The lowest BCUT2D eigenvalue weighted by molar-refractivity contribution is 0.668. The number of benzene rings is 24. The highest BCUT2D eigenvalue weighted by molar-refractivity contribution is 6.30. The first-order valence-electron chi connectivity index (χ1n) is 45.6. The predicted octanol–water partition coefficient (Wildman–Crippen LogP) is 36.7. The first-order chi connectivity index (χ1) is 66.0. The molecule has 0 saturated carbocycles. The summed E-state index contributed by atoms with van der Waals surface area (Å²) in [5, 5.41) is 31.6. The Hall–Kier alpha value is -17.6. The molecule has 4 heteroatoms. The van der Waals surface area contributed by atoms with Crippen LogP contribution in [0.5, 0.6) is 0 Å². The average molecular weight is 1690 g/mol. The van der Waals surface area contributed by atoms with E-state index < -0.39 is 0 Å². The second-order valence-electron chi connectivity index (χ2n) is 34.8. The van der Waals surface area contributed by atoms with Gasteiger partial charge in [0.2, 0.25) is 0 Å². The van der Waals surface area contributed by atoms with E-state index in [-0.39, 0.29) is 0 Å². The minimum Gasteiger partial charge on any atom is -0.456 e. The Balaban J connectivity index is 0.000000105. The molecule has 28 rings (SSSR count). The summed E-state index contributed by atoms with van der Waals surface area (Å²) in [5.41, 5.74) is 27.0. The first-order valence-corrected chi connectivity index (χ1v) is 45.6. The molecular formula is C129H79NO3. The van der Waals surface area contributed by atoms with Gasteiger partial charge in [-0.05, 0) is 276 Å². The molecule has 4 heterocycles. The molecule has 0 spiro atoms. The van der Waals surface area contributed by atoms with Crippen LogP contribution in [0.25, 0.3) is 274 Å². The molecule has 618 valence electrons. The van der Waals surface area contributed by atoms with E-state index in [9.17, 15) is 0 Å². The maximum absolute atomic E-state index is 6.62. The maximum atomic E-state index is 6.62. The van der Waals surface area contributed by atoms with Crippen molar-refractivity contribution in [3.63, 3.8) is 0 Å². The van der Waals surface area contributed by atoms with Crippen molar-refractivity contribution < 1.29 is 13.3 Å². The number of furan rings is 3. The van der Waals surface area contributed by atoms with Crippen LogP contribution in [0.1, 0.15) is 0 Å². The molecule has 0 aliphatic heterocycles. The van der Waals surface area contributed by atoms with Crippen molar-refractivity contribution in [2.75, 3.05) is 0 Å². The fourth-order valence-corrected chi connectivity index (χ4v) is 21.5. The zero-order chi connectivity index (χ0) is 87.6. The van der Waals surface area contributed by atoms with Crippen LogP contribution in [0, 0.1) is 0 Å². The Bertz CT molecular complexity index is 9440. The zero-order valence-corrected chi connectivity index (χ0v) is 72.3. The van der Waals surface area contributed by atoms with E-state index in [1.807, 2.05) is 36.7 Å². The molecule has 0 aliphatic rings. The predicted molar refractivity (Wildman–Crippen MR) is 563 cm³/mol. The lowest BCUT2D eigenvalue weighted by Gasteiger charge is -2.20. The molecule has 0 N–H and O–H groups in total. The molecule has 0 aliphatic carbocycles. The number of pyridine rings is 1. The maximum Gasteiger partial charge on any atom is 0.143 e. The van der Waals surface area contributed by atoms with Crippen molar-refractivity contribution >= 4 is 174 Å². The number of para-hydroxylation sites is 3. The first kappa shape index (κ1) is 76.6. The van der Waals surface area contributed by atoms with Crippen LogP contribution in [0.3, 0.4) is 0 Å². The third-order valence-corrected chi connectivity index (χ3v) is 27.4. The molecule has 0 amide bonds. The average Bonchev–Trinajstić information content (AvgIpc) is 1.40. The molecular weight excluding hydrogens is 1610 g/mol. The second kappa shape index (κ2) is 31.7. The van der Waals surface area contributed by atoms with Crippen molar-refractivity contribution in [2.24, 2.45) is 0 Å². The molecule has 0 fully saturated rings. The van der Waals surface area contributed by atoms with E-state index in [2.05, 4.69) is 448 Å². The normalized spacial score (nSPS) is 11.8. The van der Waals surface area contributed by atoms with Crippen LogP contribution in [-0.4, -0.2) is 4.98 Å². The van der Waals surface area contributed by atoms with Crippen LogP contribution in [0.4, 0.5) is 0 Å². The van der Waals surface area contributed by atoms with Crippen LogP contribution in [-0.2, 0) is 0 Å². The van der Waals surface area contributed by atoms with Gasteiger partial charge in [0.15, 0.2) is 0 Å². The van der Waals surface area contributed by atoms with Crippen LogP contribution < -0.4 is 0 Å². The van der Waals surface area contributed by atoms with Crippen molar-refractivity contribution in [1.29, 1.82) is 0 Å². The monoisotopic (exact) mass is 1690 g/mol. The summed E-state index contributed by atoms with van der Waals surface area (Å²) >= 11 is 0. The Labute approximate surface area is 766 Å². The SMILES string of the molecule is c1ccc(-c2c3ccccc3c(-c3cc(-c4cccnc4)c4oc5ccccc5c4c3)c3ccccc23)cc1.c1ccc2cc(-c3c4ccccc4c(-c4ccc5oc6ccccc6c5c4-c4ccc5ccccc5c4)c4ccccc34)ccc2c1.c1ccc2cc(-c3cc(-c4c5ccccc5c(-c5ccc6ccccc6c5)c5ccccc45)c4c(c3)oc3ccccc34)ccc2c1. The highest BCUT2D eigenvalue weighted by Gasteiger charge is 2.28.